The number of carbonyl (C=O) groups is 2. The number of benzene rings is 3. The number of primary amides is 1. The van der Waals surface area contributed by atoms with Crippen molar-refractivity contribution in [3.63, 3.8) is 0 Å². The van der Waals surface area contributed by atoms with Crippen molar-refractivity contribution in [1.29, 1.82) is 0 Å². The molecule has 0 radical (unpaired) electrons. The second-order valence-electron chi connectivity index (χ2n) is 12.7. The summed E-state index contributed by atoms with van der Waals surface area (Å²) in [6.45, 7) is 6.70. The van der Waals surface area contributed by atoms with Crippen molar-refractivity contribution in [2.75, 3.05) is 18.4 Å². The molecule has 250 valence electrons. The van der Waals surface area contributed by atoms with E-state index in [1.165, 1.54) is 0 Å². The third-order valence-electron chi connectivity index (χ3n) is 7.86. The summed E-state index contributed by atoms with van der Waals surface area (Å²) < 4.78 is 5.72. The fraction of sp³-hybridized carbons (Fsp3) is 0.243. The third kappa shape index (κ3) is 8.13. The van der Waals surface area contributed by atoms with Crippen molar-refractivity contribution in [1.82, 2.24) is 30.0 Å². The lowest BCUT2D eigenvalue weighted by atomic mass is 10.0. The van der Waals surface area contributed by atoms with E-state index < -0.39 is 17.6 Å². The first-order chi connectivity index (χ1) is 23.5. The highest BCUT2D eigenvalue weighted by Crippen LogP contribution is 2.30. The Kier molecular flexibility index (Phi) is 9.72. The fourth-order valence-electron chi connectivity index (χ4n) is 5.52. The molecule has 0 aliphatic carbocycles. The molecule has 12 heteroatoms. The summed E-state index contributed by atoms with van der Waals surface area (Å²) >= 11 is 6.67. The summed E-state index contributed by atoms with van der Waals surface area (Å²) in [5.74, 6) is 1.43. The summed E-state index contributed by atoms with van der Waals surface area (Å²) in [6.07, 6.45) is 4.04. The largest absolute Gasteiger partial charge is 0.444 e. The molecule has 0 aliphatic rings. The maximum Gasteiger partial charge on any atom is 0.410 e. The van der Waals surface area contributed by atoms with Gasteiger partial charge >= 0.3 is 6.09 Å². The number of rotatable bonds is 11. The third-order valence-corrected chi connectivity index (χ3v) is 8.17. The van der Waals surface area contributed by atoms with Crippen LogP contribution in [0.25, 0.3) is 32.8 Å². The highest BCUT2D eigenvalue weighted by atomic mass is 35.5. The highest BCUT2D eigenvalue weighted by Gasteiger charge is 2.23. The van der Waals surface area contributed by atoms with Crippen LogP contribution in [-0.2, 0) is 24.1 Å². The van der Waals surface area contributed by atoms with Crippen LogP contribution in [-0.4, -0.2) is 60.7 Å². The number of nitrogens with zero attached hydrogens (tertiary/aromatic N) is 5. The van der Waals surface area contributed by atoms with E-state index in [-0.39, 0.29) is 0 Å². The van der Waals surface area contributed by atoms with Crippen molar-refractivity contribution in [2.24, 2.45) is 5.73 Å². The number of fused-ring (bicyclic) bond motifs is 3. The summed E-state index contributed by atoms with van der Waals surface area (Å²) in [6, 6.07) is 22.9. The van der Waals surface area contributed by atoms with Crippen molar-refractivity contribution in [2.45, 2.75) is 45.8 Å². The van der Waals surface area contributed by atoms with E-state index in [0.29, 0.717) is 66.0 Å². The molecule has 0 fully saturated rings. The Morgan fingerprint density at radius 1 is 0.959 bits per heavy atom. The number of carbonyl (C=O) groups excluding carboxylic acids is 2. The van der Waals surface area contributed by atoms with Crippen LogP contribution >= 0.6 is 11.6 Å². The summed E-state index contributed by atoms with van der Waals surface area (Å²) in [7, 11) is 0. The maximum absolute atomic E-state index is 13.2. The Morgan fingerprint density at radius 2 is 1.78 bits per heavy atom. The van der Waals surface area contributed by atoms with E-state index in [9.17, 15) is 9.59 Å². The lowest BCUT2D eigenvalue weighted by molar-refractivity contribution is 0.0235. The Labute approximate surface area is 288 Å². The number of aromatic nitrogens is 5. The molecule has 3 heterocycles. The molecular formula is C37H37ClN8O3. The van der Waals surface area contributed by atoms with Crippen LogP contribution in [0.4, 0.5) is 10.6 Å². The molecule has 0 atom stereocenters. The molecule has 3 aromatic heterocycles. The zero-order valence-corrected chi connectivity index (χ0v) is 28.3. The second-order valence-corrected chi connectivity index (χ2v) is 13.1. The molecule has 3 aromatic carbocycles. The topological polar surface area (TPSA) is 152 Å². The van der Waals surface area contributed by atoms with Gasteiger partial charge in [-0.3, -0.25) is 14.9 Å². The van der Waals surface area contributed by atoms with E-state index in [4.69, 9.17) is 27.1 Å². The molecule has 0 unspecified atom stereocenters. The van der Waals surface area contributed by atoms with Gasteiger partial charge in [0.15, 0.2) is 5.82 Å². The number of ether oxygens (including phenoxy) is 1. The standard InChI is InChI=1S/C37H37ClN8O3/c1-37(2,3)49-36(48)46(22-23-9-11-26(30(38)19-23)24-7-5-4-6-8-24)18-15-33-43-32(44-45-33)14-17-41-35-28-13-16-40-21-29(28)27-12-10-25(34(39)47)20-31(27)42-35/h4-13,16,19-21H,14-15,17-18,22H2,1-3H3,(H2,39,47)(H,41,42)(H,43,44,45). The van der Waals surface area contributed by atoms with Crippen LogP contribution in [0.2, 0.25) is 5.02 Å². The first-order valence-electron chi connectivity index (χ1n) is 16.0. The van der Waals surface area contributed by atoms with Crippen LogP contribution in [0.5, 0.6) is 0 Å². The van der Waals surface area contributed by atoms with E-state index in [0.717, 1.165) is 32.8 Å². The number of anilines is 1. The van der Waals surface area contributed by atoms with Crippen LogP contribution in [0, 0.1) is 0 Å². The molecule has 0 spiro atoms. The van der Waals surface area contributed by atoms with E-state index >= 15 is 0 Å². The van der Waals surface area contributed by atoms with Gasteiger partial charge in [-0.05, 0) is 56.2 Å². The number of H-pyrrole nitrogens is 1. The minimum absolute atomic E-state index is 0.314. The van der Waals surface area contributed by atoms with Gasteiger partial charge < -0.3 is 20.7 Å². The zero-order valence-electron chi connectivity index (χ0n) is 27.5. The van der Waals surface area contributed by atoms with Crippen LogP contribution < -0.4 is 11.1 Å². The molecule has 11 nitrogen and oxygen atoms in total. The van der Waals surface area contributed by atoms with Gasteiger partial charge in [0.05, 0.1) is 5.52 Å². The number of amides is 2. The molecule has 6 aromatic rings. The lowest BCUT2D eigenvalue weighted by Crippen LogP contribution is -2.37. The number of halogens is 1. The van der Waals surface area contributed by atoms with Gasteiger partial charge in [0.1, 0.15) is 17.2 Å². The quantitative estimate of drug-likeness (QED) is 0.125. The van der Waals surface area contributed by atoms with Crippen LogP contribution in [0.1, 0.15) is 48.3 Å². The van der Waals surface area contributed by atoms with Gasteiger partial charge in [0, 0.05) is 77.2 Å². The van der Waals surface area contributed by atoms with Crippen molar-refractivity contribution in [3.8, 4) is 11.1 Å². The molecule has 0 aliphatic heterocycles. The Hall–Kier alpha value is -5.55. The molecule has 2 amide bonds. The first kappa shape index (κ1) is 33.4. The number of hydrogen-bond donors (Lipinski definition) is 3. The van der Waals surface area contributed by atoms with Gasteiger partial charge in [-0.2, -0.15) is 5.10 Å². The molecule has 6 rings (SSSR count). The first-order valence-corrected chi connectivity index (χ1v) is 16.3. The normalized spacial score (nSPS) is 11.5. The van der Waals surface area contributed by atoms with E-state index in [1.54, 1.807) is 29.4 Å². The Bertz CT molecular complexity index is 2130. The van der Waals surface area contributed by atoms with Crippen LogP contribution in [0.15, 0.2) is 85.2 Å². The molecule has 4 N–H and O–H groups in total. The predicted molar refractivity (Wildman–Crippen MR) is 191 cm³/mol. The van der Waals surface area contributed by atoms with Crippen LogP contribution in [0.3, 0.4) is 0 Å². The van der Waals surface area contributed by atoms with Crippen molar-refractivity contribution < 1.29 is 14.3 Å². The summed E-state index contributed by atoms with van der Waals surface area (Å²) in [5, 5.41) is 14.1. The molecule has 0 bridgehead atoms. The average molecular weight is 677 g/mol. The van der Waals surface area contributed by atoms with Gasteiger partial charge in [-0.15, -0.1) is 0 Å². The number of aromatic amines is 1. The average Bonchev–Trinajstić information content (AvgIpc) is 3.53. The summed E-state index contributed by atoms with van der Waals surface area (Å²) in [5.41, 5.74) is 8.71. The van der Waals surface area contributed by atoms with E-state index in [1.807, 2.05) is 81.4 Å². The number of pyridine rings is 2. The van der Waals surface area contributed by atoms with Gasteiger partial charge in [-0.25, -0.2) is 14.8 Å². The Balaban J connectivity index is 1.12. The monoisotopic (exact) mass is 676 g/mol. The minimum atomic E-state index is -0.652. The van der Waals surface area contributed by atoms with Crippen molar-refractivity contribution in [3.05, 3.63) is 113 Å². The maximum atomic E-state index is 13.2. The van der Waals surface area contributed by atoms with Gasteiger partial charge in [0.2, 0.25) is 5.91 Å². The number of nitrogens with two attached hydrogens (primary N) is 1. The van der Waals surface area contributed by atoms with E-state index in [2.05, 4.69) is 25.5 Å². The molecule has 0 saturated carbocycles. The molecular weight excluding hydrogens is 640 g/mol. The smallest absolute Gasteiger partial charge is 0.410 e. The van der Waals surface area contributed by atoms with Crippen molar-refractivity contribution >= 4 is 51.1 Å². The lowest BCUT2D eigenvalue weighted by Gasteiger charge is -2.27. The molecule has 0 saturated heterocycles. The summed E-state index contributed by atoms with van der Waals surface area (Å²) in [4.78, 5) is 40.4. The number of nitrogens with one attached hydrogen (secondary N) is 2. The fourth-order valence-corrected chi connectivity index (χ4v) is 5.83. The highest BCUT2D eigenvalue weighted by molar-refractivity contribution is 6.33. The van der Waals surface area contributed by atoms with Gasteiger partial charge in [-0.1, -0.05) is 60.1 Å². The van der Waals surface area contributed by atoms with Gasteiger partial charge in [0.25, 0.3) is 0 Å². The SMILES string of the molecule is CC(C)(C)OC(=O)N(CCc1n[nH]c(CCNc2nc3cc(C(N)=O)ccc3c3cnccc23)n1)Cc1ccc(-c2ccccc2)c(Cl)c1. The zero-order chi connectivity index (χ0) is 34.5. The second kappa shape index (κ2) is 14.3. The molecule has 49 heavy (non-hydrogen) atoms. The predicted octanol–water partition coefficient (Wildman–Crippen LogP) is 6.95. The minimum Gasteiger partial charge on any atom is -0.444 e. The Morgan fingerprint density at radius 3 is 2.53 bits per heavy atom. The number of hydrogen-bond acceptors (Lipinski definition) is 8.